The van der Waals surface area contributed by atoms with Crippen molar-refractivity contribution in [1.82, 2.24) is 0 Å². The van der Waals surface area contributed by atoms with Gasteiger partial charge in [-0.2, -0.15) is 0 Å². The summed E-state index contributed by atoms with van der Waals surface area (Å²) in [4.78, 5) is 0. The van der Waals surface area contributed by atoms with E-state index >= 15 is 0 Å². The van der Waals surface area contributed by atoms with Gasteiger partial charge in [-0.3, -0.25) is 0 Å². The van der Waals surface area contributed by atoms with Crippen molar-refractivity contribution in [2.24, 2.45) is 0 Å². The van der Waals surface area contributed by atoms with Crippen LogP contribution in [0.15, 0.2) is 5.57 Å². The maximum absolute atomic E-state index is 3.50. The van der Waals surface area contributed by atoms with Crippen LogP contribution in [0, 0.1) is 6.08 Å². The summed E-state index contributed by atoms with van der Waals surface area (Å²) in [6.45, 7) is 2.25. The highest BCUT2D eigenvalue weighted by molar-refractivity contribution is 4.97. The maximum Gasteiger partial charge on any atom is -0.0277 e. The Hall–Kier alpha value is -0.260. The van der Waals surface area contributed by atoms with Crippen LogP contribution in [-0.4, -0.2) is 0 Å². The van der Waals surface area contributed by atoms with E-state index in [9.17, 15) is 0 Å². The summed E-state index contributed by atoms with van der Waals surface area (Å²) >= 11 is 0. The Balaban J connectivity index is 2.31. The molecule has 0 aromatic heterocycles. The molecule has 0 saturated carbocycles. The molecule has 0 amide bonds. The van der Waals surface area contributed by atoms with E-state index in [0.29, 0.717) is 0 Å². The van der Waals surface area contributed by atoms with Crippen LogP contribution in [0.1, 0.15) is 51.9 Å². The van der Waals surface area contributed by atoms with E-state index < -0.39 is 0 Å². The Kier molecular flexibility index (Phi) is 3.56. The summed E-state index contributed by atoms with van der Waals surface area (Å²) < 4.78 is 0. The largest absolute Gasteiger partial charge is 0.0667 e. The predicted molar refractivity (Wildman–Crippen MR) is 44.7 cm³/mol. The molecule has 0 spiro atoms. The van der Waals surface area contributed by atoms with Crippen LogP contribution in [0.3, 0.4) is 0 Å². The van der Waals surface area contributed by atoms with Crippen molar-refractivity contribution in [2.75, 3.05) is 0 Å². The van der Waals surface area contributed by atoms with Crippen LogP contribution in [0.2, 0.25) is 0 Å². The molecule has 0 unspecified atom stereocenters. The fourth-order valence-electron chi connectivity index (χ4n) is 1.51. The molecule has 0 nitrogen and oxygen atoms in total. The van der Waals surface area contributed by atoms with E-state index in [0.717, 1.165) is 0 Å². The smallest absolute Gasteiger partial charge is 0.0277 e. The molecule has 1 rings (SSSR count). The molecule has 0 aromatic carbocycles. The van der Waals surface area contributed by atoms with Gasteiger partial charge in [-0.05, 0) is 38.2 Å². The third kappa shape index (κ3) is 2.55. The molecule has 0 atom stereocenters. The number of rotatable bonds is 2. The SMILES string of the molecule is CCCC1=[C]CCCCC1. The van der Waals surface area contributed by atoms with E-state index in [1.807, 2.05) is 0 Å². The Labute approximate surface area is 64.3 Å². The lowest BCUT2D eigenvalue weighted by Gasteiger charge is -2.00. The van der Waals surface area contributed by atoms with Crippen molar-refractivity contribution in [1.29, 1.82) is 0 Å². The van der Waals surface area contributed by atoms with Crippen molar-refractivity contribution >= 4 is 0 Å². The normalized spacial score (nSPS) is 19.9. The predicted octanol–water partition coefficient (Wildman–Crippen LogP) is 3.48. The third-order valence-corrected chi connectivity index (χ3v) is 2.08. The van der Waals surface area contributed by atoms with Gasteiger partial charge in [-0.1, -0.05) is 25.3 Å². The molecular formula is C10H17. The van der Waals surface area contributed by atoms with Crippen molar-refractivity contribution in [3.8, 4) is 0 Å². The van der Waals surface area contributed by atoms with Crippen molar-refractivity contribution in [3.63, 3.8) is 0 Å². The highest BCUT2D eigenvalue weighted by Gasteiger charge is 2.00. The molecule has 1 aliphatic carbocycles. The first-order valence-corrected chi connectivity index (χ1v) is 4.52. The summed E-state index contributed by atoms with van der Waals surface area (Å²) in [7, 11) is 0. The molecule has 0 fully saturated rings. The zero-order valence-corrected chi connectivity index (χ0v) is 6.95. The van der Waals surface area contributed by atoms with Crippen LogP contribution in [0.4, 0.5) is 0 Å². The second-order valence-corrected chi connectivity index (χ2v) is 3.09. The van der Waals surface area contributed by atoms with E-state index in [-0.39, 0.29) is 0 Å². The summed E-state index contributed by atoms with van der Waals surface area (Å²) in [5.41, 5.74) is 1.60. The molecule has 0 heterocycles. The first-order valence-electron chi connectivity index (χ1n) is 4.52. The first kappa shape index (κ1) is 7.84. The first-order chi connectivity index (χ1) is 4.93. The summed E-state index contributed by atoms with van der Waals surface area (Å²) in [5.74, 6) is 0. The van der Waals surface area contributed by atoms with Crippen molar-refractivity contribution in [2.45, 2.75) is 51.9 Å². The highest BCUT2D eigenvalue weighted by Crippen LogP contribution is 2.19. The molecule has 0 heteroatoms. The van der Waals surface area contributed by atoms with Crippen molar-refractivity contribution in [3.05, 3.63) is 11.6 Å². The van der Waals surface area contributed by atoms with Gasteiger partial charge in [0.1, 0.15) is 0 Å². The Morgan fingerprint density at radius 3 is 3.00 bits per heavy atom. The lowest BCUT2D eigenvalue weighted by Crippen LogP contribution is -1.80. The van der Waals surface area contributed by atoms with Gasteiger partial charge in [0.2, 0.25) is 0 Å². The zero-order chi connectivity index (χ0) is 7.23. The van der Waals surface area contributed by atoms with E-state index in [4.69, 9.17) is 0 Å². The number of hydrogen-bond acceptors (Lipinski definition) is 0. The van der Waals surface area contributed by atoms with E-state index in [2.05, 4.69) is 13.0 Å². The van der Waals surface area contributed by atoms with Crippen molar-refractivity contribution < 1.29 is 0 Å². The fourth-order valence-corrected chi connectivity index (χ4v) is 1.51. The summed E-state index contributed by atoms with van der Waals surface area (Å²) in [5, 5.41) is 0. The van der Waals surface area contributed by atoms with Gasteiger partial charge in [-0.25, -0.2) is 0 Å². The van der Waals surface area contributed by atoms with Crippen LogP contribution in [0.25, 0.3) is 0 Å². The van der Waals surface area contributed by atoms with Gasteiger partial charge >= 0.3 is 0 Å². The summed E-state index contributed by atoms with van der Waals surface area (Å²) in [6, 6.07) is 0. The van der Waals surface area contributed by atoms with Gasteiger partial charge in [0.15, 0.2) is 0 Å². The maximum atomic E-state index is 3.50. The molecule has 0 saturated heterocycles. The number of hydrogen-bond donors (Lipinski definition) is 0. The lowest BCUT2D eigenvalue weighted by molar-refractivity contribution is 0.699. The minimum absolute atomic E-state index is 1.22. The standard InChI is InChI=1S/C10H17/c1-2-7-10-8-5-3-4-6-9-10/h2-8H2,1H3. The second kappa shape index (κ2) is 4.54. The van der Waals surface area contributed by atoms with Gasteiger partial charge in [-0.15, -0.1) is 0 Å². The number of allylic oxidation sites excluding steroid dienone is 2. The zero-order valence-electron chi connectivity index (χ0n) is 6.95. The third-order valence-electron chi connectivity index (χ3n) is 2.08. The molecule has 0 aromatic rings. The molecule has 0 bridgehead atoms. The molecule has 10 heavy (non-hydrogen) atoms. The second-order valence-electron chi connectivity index (χ2n) is 3.09. The Morgan fingerprint density at radius 1 is 1.30 bits per heavy atom. The monoisotopic (exact) mass is 137 g/mol. The van der Waals surface area contributed by atoms with Gasteiger partial charge in [0.25, 0.3) is 0 Å². The van der Waals surface area contributed by atoms with E-state index in [1.54, 1.807) is 5.57 Å². The van der Waals surface area contributed by atoms with E-state index in [1.165, 1.54) is 44.9 Å². The molecular weight excluding hydrogens is 120 g/mol. The summed E-state index contributed by atoms with van der Waals surface area (Å²) in [6.07, 6.45) is 12.8. The minimum Gasteiger partial charge on any atom is -0.0667 e. The average Bonchev–Trinajstić information content (AvgIpc) is 2.17. The van der Waals surface area contributed by atoms with Crippen LogP contribution < -0.4 is 0 Å². The molecule has 0 N–H and O–H groups in total. The quantitative estimate of drug-likeness (QED) is 0.546. The van der Waals surface area contributed by atoms with Gasteiger partial charge in [0, 0.05) is 0 Å². The lowest BCUT2D eigenvalue weighted by atomic mass is 10.1. The molecule has 1 aliphatic rings. The van der Waals surface area contributed by atoms with Crippen LogP contribution in [-0.2, 0) is 0 Å². The molecule has 1 radical (unpaired) electrons. The minimum atomic E-state index is 1.22. The fraction of sp³-hybridized carbons (Fsp3) is 0.800. The Bertz CT molecular complexity index is 111. The van der Waals surface area contributed by atoms with Gasteiger partial charge in [0.05, 0.1) is 0 Å². The highest BCUT2D eigenvalue weighted by atomic mass is 14.1. The topological polar surface area (TPSA) is 0 Å². The van der Waals surface area contributed by atoms with Crippen LogP contribution in [0.5, 0.6) is 0 Å². The average molecular weight is 137 g/mol. The van der Waals surface area contributed by atoms with Gasteiger partial charge < -0.3 is 0 Å². The van der Waals surface area contributed by atoms with Crippen LogP contribution >= 0.6 is 0 Å². The Morgan fingerprint density at radius 2 is 2.20 bits per heavy atom. The molecule has 57 valence electrons. The molecule has 0 aliphatic heterocycles.